The molecule has 0 unspecified atom stereocenters. The van der Waals surface area contributed by atoms with E-state index in [-0.39, 0.29) is 27.1 Å². The summed E-state index contributed by atoms with van der Waals surface area (Å²) in [5, 5.41) is 5.65. The first-order valence-corrected chi connectivity index (χ1v) is 13.3. The Labute approximate surface area is 241 Å². The molecule has 1 aromatic carbocycles. The molecule has 0 N–H and O–H groups in total. The summed E-state index contributed by atoms with van der Waals surface area (Å²) < 4.78 is 28.8. The van der Waals surface area contributed by atoms with Crippen molar-refractivity contribution in [1.29, 1.82) is 0 Å². The lowest BCUT2D eigenvalue weighted by atomic mass is 9.97. The SMILES string of the molecule is CC(=O)OC[C@H]1O[C@@H](/N=c2/sc(C)nn2-c2c(Cl)cc(Cl)cc2Cl)[C@H](OC(C)=O)[C@@H](OC(C)=O)[C@@H]1OC(C)=O. The molecule has 5 atom stereocenters. The first kappa shape index (κ1) is 30.8. The monoisotopic (exact) mass is 623 g/mol. The molecule has 1 fully saturated rings. The molecule has 12 nitrogen and oxygen atoms in total. The van der Waals surface area contributed by atoms with Crippen LogP contribution in [0.15, 0.2) is 17.1 Å². The molecule has 1 aliphatic rings. The highest BCUT2D eigenvalue weighted by atomic mass is 35.5. The molecule has 39 heavy (non-hydrogen) atoms. The second kappa shape index (κ2) is 13.1. The first-order chi connectivity index (χ1) is 18.3. The van der Waals surface area contributed by atoms with Gasteiger partial charge in [0.2, 0.25) is 4.80 Å². The molecule has 1 aliphatic heterocycles. The fourth-order valence-electron chi connectivity index (χ4n) is 3.76. The number of aromatic nitrogens is 2. The number of carbonyl (C=O) groups is 4. The van der Waals surface area contributed by atoms with Crippen molar-refractivity contribution in [1.82, 2.24) is 9.78 Å². The van der Waals surface area contributed by atoms with E-state index in [2.05, 4.69) is 10.1 Å². The number of nitrogens with zero attached hydrogens (tertiary/aromatic N) is 3. The van der Waals surface area contributed by atoms with Gasteiger partial charge < -0.3 is 23.7 Å². The lowest BCUT2D eigenvalue weighted by molar-refractivity contribution is -0.251. The Balaban J connectivity index is 2.20. The number of esters is 4. The van der Waals surface area contributed by atoms with Crippen molar-refractivity contribution >= 4 is 70.0 Å². The summed E-state index contributed by atoms with van der Waals surface area (Å²) >= 11 is 20.0. The van der Waals surface area contributed by atoms with Crippen molar-refractivity contribution in [2.75, 3.05) is 6.61 Å². The van der Waals surface area contributed by atoms with Crippen LogP contribution in [0.2, 0.25) is 15.1 Å². The molecule has 1 saturated heterocycles. The van der Waals surface area contributed by atoms with E-state index >= 15 is 0 Å². The molecule has 2 aromatic rings. The fraction of sp³-hybridized carbons (Fsp3) is 0.478. The van der Waals surface area contributed by atoms with E-state index < -0.39 is 54.5 Å². The van der Waals surface area contributed by atoms with Crippen LogP contribution < -0.4 is 4.80 Å². The summed E-state index contributed by atoms with van der Waals surface area (Å²) in [6.45, 7) is 5.90. The minimum absolute atomic E-state index is 0.181. The maximum absolute atomic E-state index is 12.1. The highest BCUT2D eigenvalue weighted by Crippen LogP contribution is 2.32. The Hall–Kier alpha value is -2.71. The molecule has 0 bridgehead atoms. The van der Waals surface area contributed by atoms with Crippen LogP contribution in [0.1, 0.15) is 32.7 Å². The van der Waals surface area contributed by atoms with Crippen LogP contribution in [-0.4, -0.2) is 70.9 Å². The van der Waals surface area contributed by atoms with E-state index in [9.17, 15) is 19.2 Å². The molecule has 0 radical (unpaired) electrons. The normalized spacial score (nSPS) is 23.2. The van der Waals surface area contributed by atoms with Crippen molar-refractivity contribution in [3.63, 3.8) is 0 Å². The summed E-state index contributed by atoms with van der Waals surface area (Å²) in [5.74, 6) is -2.89. The molecule has 0 aliphatic carbocycles. The van der Waals surface area contributed by atoms with Crippen LogP contribution in [0.4, 0.5) is 0 Å². The van der Waals surface area contributed by atoms with Gasteiger partial charge in [-0.1, -0.05) is 46.1 Å². The average molecular weight is 625 g/mol. The minimum atomic E-state index is -1.38. The second-order valence-corrected chi connectivity index (χ2v) is 10.7. The molecule has 2 heterocycles. The first-order valence-electron chi connectivity index (χ1n) is 11.3. The van der Waals surface area contributed by atoms with Crippen LogP contribution in [0.25, 0.3) is 5.69 Å². The Morgan fingerprint density at radius 2 is 1.46 bits per heavy atom. The number of hydrogen-bond acceptors (Lipinski definition) is 12. The summed E-state index contributed by atoms with van der Waals surface area (Å²) in [6.07, 6.45) is -6.56. The van der Waals surface area contributed by atoms with Gasteiger partial charge in [0.15, 0.2) is 24.5 Å². The summed E-state index contributed by atoms with van der Waals surface area (Å²) in [4.78, 5) is 52.4. The number of halogens is 3. The molecule has 0 amide bonds. The Kier molecular flexibility index (Phi) is 10.4. The second-order valence-electron chi connectivity index (χ2n) is 8.25. The Morgan fingerprint density at radius 3 is 2.00 bits per heavy atom. The number of aryl methyl sites for hydroxylation is 1. The van der Waals surface area contributed by atoms with Gasteiger partial charge in [-0.3, -0.25) is 19.2 Å². The van der Waals surface area contributed by atoms with Crippen LogP contribution in [0.5, 0.6) is 0 Å². The molecular formula is C23H24Cl3N3O9S. The van der Waals surface area contributed by atoms with Crippen molar-refractivity contribution in [3.8, 4) is 5.69 Å². The Bertz CT molecular complexity index is 1320. The molecule has 1 aromatic heterocycles. The fourth-order valence-corrected chi connectivity index (χ4v) is 5.50. The Morgan fingerprint density at radius 1 is 0.923 bits per heavy atom. The third kappa shape index (κ3) is 7.92. The van der Waals surface area contributed by atoms with Crippen LogP contribution >= 0.6 is 46.1 Å². The van der Waals surface area contributed by atoms with Gasteiger partial charge in [-0.25, -0.2) is 9.67 Å². The van der Waals surface area contributed by atoms with Crippen LogP contribution in [0, 0.1) is 6.92 Å². The smallest absolute Gasteiger partial charge is 0.303 e. The number of benzene rings is 1. The van der Waals surface area contributed by atoms with Crippen molar-refractivity contribution < 1.29 is 42.9 Å². The minimum Gasteiger partial charge on any atom is -0.463 e. The zero-order valence-corrected chi connectivity index (χ0v) is 24.4. The van der Waals surface area contributed by atoms with Crippen LogP contribution in [0.3, 0.4) is 0 Å². The quantitative estimate of drug-likeness (QED) is 0.333. The van der Waals surface area contributed by atoms with E-state index in [0.29, 0.717) is 10.0 Å². The molecule has 3 rings (SSSR count). The maximum atomic E-state index is 12.1. The summed E-state index contributed by atoms with van der Waals surface area (Å²) in [5.41, 5.74) is 0.275. The lowest BCUT2D eigenvalue weighted by Gasteiger charge is -2.42. The molecule has 0 saturated carbocycles. The third-order valence-corrected chi connectivity index (χ3v) is 6.69. The molecule has 212 valence electrons. The lowest BCUT2D eigenvalue weighted by Crippen LogP contribution is -2.62. The van der Waals surface area contributed by atoms with Crippen molar-refractivity contribution in [2.24, 2.45) is 4.99 Å². The van der Waals surface area contributed by atoms with E-state index in [1.165, 1.54) is 23.7 Å². The van der Waals surface area contributed by atoms with Gasteiger partial charge in [-0.2, -0.15) is 5.10 Å². The summed E-state index contributed by atoms with van der Waals surface area (Å²) in [7, 11) is 0. The molecular weight excluding hydrogens is 601 g/mol. The maximum Gasteiger partial charge on any atom is 0.303 e. The van der Waals surface area contributed by atoms with Crippen LogP contribution in [-0.2, 0) is 42.9 Å². The van der Waals surface area contributed by atoms with Crippen molar-refractivity contribution in [3.05, 3.63) is 37.0 Å². The predicted molar refractivity (Wildman–Crippen MR) is 139 cm³/mol. The van der Waals surface area contributed by atoms with E-state index in [1.54, 1.807) is 6.92 Å². The van der Waals surface area contributed by atoms with Crippen molar-refractivity contribution in [2.45, 2.75) is 65.3 Å². The van der Waals surface area contributed by atoms with E-state index in [0.717, 1.165) is 32.1 Å². The van der Waals surface area contributed by atoms with Gasteiger partial charge >= 0.3 is 23.9 Å². The van der Waals surface area contributed by atoms with E-state index in [1.807, 2.05) is 0 Å². The number of ether oxygens (including phenoxy) is 5. The number of hydrogen-bond donors (Lipinski definition) is 0. The zero-order valence-electron chi connectivity index (χ0n) is 21.3. The van der Waals surface area contributed by atoms with Gasteiger partial charge in [0.25, 0.3) is 0 Å². The van der Waals surface area contributed by atoms with Gasteiger partial charge in [-0.05, 0) is 19.1 Å². The average Bonchev–Trinajstić information content (AvgIpc) is 3.14. The van der Waals surface area contributed by atoms with Gasteiger partial charge in [0, 0.05) is 32.7 Å². The van der Waals surface area contributed by atoms with Gasteiger partial charge in [0.1, 0.15) is 23.4 Å². The third-order valence-electron chi connectivity index (χ3n) is 5.06. The molecule has 16 heteroatoms. The number of carbonyl (C=O) groups excluding carboxylic acids is 4. The topological polar surface area (TPSA) is 145 Å². The predicted octanol–water partition coefficient (Wildman–Crippen LogP) is 3.19. The molecule has 0 spiro atoms. The van der Waals surface area contributed by atoms with Gasteiger partial charge in [0.05, 0.1) is 10.0 Å². The summed E-state index contributed by atoms with van der Waals surface area (Å²) in [6, 6.07) is 2.95. The standard InChI is InChI=1S/C23H24Cl3N3O9S/c1-9-28-29(18-15(25)6-14(24)7-16(18)26)23(39-9)27-22-21(37-13(5)33)20(36-12(4)32)19(35-11(3)31)17(38-22)8-34-10(2)30/h6-7,17,19-22H,8H2,1-5H3/b27-23+/t17-,19-,20+,21-,22-/m1/s1. The highest BCUT2D eigenvalue weighted by Gasteiger charge is 2.52. The largest absolute Gasteiger partial charge is 0.463 e. The zero-order chi connectivity index (χ0) is 29.0. The van der Waals surface area contributed by atoms with E-state index in [4.69, 9.17) is 58.5 Å². The van der Waals surface area contributed by atoms with Gasteiger partial charge in [-0.15, -0.1) is 0 Å². The number of rotatable bonds is 7. The highest BCUT2D eigenvalue weighted by molar-refractivity contribution is 7.08.